The lowest BCUT2D eigenvalue weighted by atomic mass is 10.2. The van der Waals surface area contributed by atoms with Crippen molar-refractivity contribution >= 4 is 17.7 Å². The van der Waals surface area contributed by atoms with Crippen LogP contribution in [0, 0.1) is 0 Å². The molecule has 1 aliphatic heterocycles. The number of nitrogens with two attached hydrogens (primary N) is 1. The van der Waals surface area contributed by atoms with E-state index < -0.39 is 4.87 Å². The van der Waals surface area contributed by atoms with E-state index in [1.54, 1.807) is 6.92 Å². The van der Waals surface area contributed by atoms with Crippen LogP contribution in [0.4, 0.5) is 0 Å². The summed E-state index contributed by atoms with van der Waals surface area (Å²) in [7, 11) is 0. The Hall–Kier alpha value is -0.480. The first kappa shape index (κ1) is 8.62. The first-order valence-corrected chi connectivity index (χ1v) is 4.36. The number of hydrogen-bond acceptors (Lipinski definition) is 4. The van der Waals surface area contributed by atoms with Crippen molar-refractivity contribution in [2.75, 3.05) is 6.61 Å². The average Bonchev–Trinajstić information content (AvgIpc) is 2.38. The largest absolute Gasteiger partial charge is 0.464 e. The van der Waals surface area contributed by atoms with Gasteiger partial charge >= 0.3 is 5.97 Å². The second kappa shape index (κ2) is 3.28. The predicted molar refractivity (Wildman–Crippen MR) is 44.9 cm³/mol. The van der Waals surface area contributed by atoms with Gasteiger partial charge < -0.3 is 10.5 Å². The fraction of sp³-hybridized carbons (Fsp3) is 0.571. The van der Waals surface area contributed by atoms with Gasteiger partial charge in [-0.05, 0) is 12.3 Å². The third kappa shape index (κ3) is 1.75. The van der Waals surface area contributed by atoms with Crippen molar-refractivity contribution in [2.45, 2.75) is 18.2 Å². The number of esters is 1. The summed E-state index contributed by atoms with van der Waals surface area (Å²) < 4.78 is 4.80. The van der Waals surface area contributed by atoms with Gasteiger partial charge in [0.1, 0.15) is 0 Å². The van der Waals surface area contributed by atoms with E-state index in [0.29, 0.717) is 13.0 Å². The molecule has 0 bridgehead atoms. The zero-order valence-corrected chi connectivity index (χ0v) is 7.19. The number of ether oxygens (including phenoxy) is 1. The minimum Gasteiger partial charge on any atom is -0.464 e. The van der Waals surface area contributed by atoms with Gasteiger partial charge in [0.15, 0.2) is 4.87 Å². The molecular formula is C7H11NO2S. The van der Waals surface area contributed by atoms with Crippen LogP contribution in [0.2, 0.25) is 0 Å². The molecule has 0 saturated carbocycles. The van der Waals surface area contributed by atoms with Gasteiger partial charge in [-0.3, -0.25) is 0 Å². The van der Waals surface area contributed by atoms with Crippen LogP contribution in [0.5, 0.6) is 0 Å². The summed E-state index contributed by atoms with van der Waals surface area (Å²) in [5, 5.41) is 1.83. The van der Waals surface area contributed by atoms with Gasteiger partial charge in [0, 0.05) is 6.42 Å². The second-order valence-corrected chi connectivity index (χ2v) is 3.54. The Morgan fingerprint density at radius 1 is 1.91 bits per heavy atom. The van der Waals surface area contributed by atoms with Gasteiger partial charge in [0.25, 0.3) is 0 Å². The summed E-state index contributed by atoms with van der Waals surface area (Å²) in [5.41, 5.74) is 5.71. The molecule has 1 rings (SSSR count). The number of carbonyl (C=O) groups excluding carboxylic acids is 1. The zero-order chi connectivity index (χ0) is 8.32. The topological polar surface area (TPSA) is 52.3 Å². The van der Waals surface area contributed by atoms with Crippen molar-refractivity contribution < 1.29 is 9.53 Å². The van der Waals surface area contributed by atoms with Crippen molar-refractivity contribution in [2.24, 2.45) is 5.73 Å². The van der Waals surface area contributed by atoms with Crippen molar-refractivity contribution in [3.63, 3.8) is 0 Å². The number of rotatable bonds is 2. The van der Waals surface area contributed by atoms with Gasteiger partial charge in [-0.25, -0.2) is 4.79 Å². The summed E-state index contributed by atoms with van der Waals surface area (Å²) >= 11 is 1.32. The fourth-order valence-electron chi connectivity index (χ4n) is 0.826. The highest BCUT2D eigenvalue weighted by molar-refractivity contribution is 8.04. The van der Waals surface area contributed by atoms with Crippen LogP contribution in [0.1, 0.15) is 13.3 Å². The number of hydrogen-bond donors (Lipinski definition) is 1. The average molecular weight is 173 g/mol. The lowest BCUT2D eigenvalue weighted by molar-refractivity contribution is -0.145. The van der Waals surface area contributed by atoms with Gasteiger partial charge in [0.05, 0.1) is 6.61 Å². The molecule has 0 amide bonds. The molecule has 62 valence electrons. The molecule has 11 heavy (non-hydrogen) atoms. The third-order valence-electron chi connectivity index (χ3n) is 1.42. The van der Waals surface area contributed by atoms with Crippen LogP contribution in [-0.4, -0.2) is 17.4 Å². The highest BCUT2D eigenvalue weighted by Crippen LogP contribution is 2.32. The summed E-state index contributed by atoms with van der Waals surface area (Å²) in [6.07, 6.45) is 2.44. The van der Waals surface area contributed by atoms with Gasteiger partial charge in [-0.2, -0.15) is 0 Å². The lowest BCUT2D eigenvalue weighted by Gasteiger charge is -2.19. The van der Waals surface area contributed by atoms with E-state index in [9.17, 15) is 4.79 Å². The molecule has 0 aromatic rings. The fourth-order valence-corrected chi connectivity index (χ4v) is 1.61. The van der Waals surface area contributed by atoms with Crippen molar-refractivity contribution in [3.05, 3.63) is 11.5 Å². The first-order chi connectivity index (χ1) is 5.19. The predicted octanol–water partition coefficient (Wildman–Crippen LogP) is 0.855. The van der Waals surface area contributed by atoms with Crippen molar-refractivity contribution in [3.8, 4) is 0 Å². The maximum atomic E-state index is 11.2. The molecule has 1 unspecified atom stereocenters. The molecule has 1 aliphatic rings. The molecule has 1 atom stereocenters. The summed E-state index contributed by atoms with van der Waals surface area (Å²) in [6.45, 7) is 2.16. The van der Waals surface area contributed by atoms with Gasteiger partial charge in [-0.1, -0.05) is 6.08 Å². The Kier molecular flexibility index (Phi) is 2.57. The molecule has 0 fully saturated rings. The van der Waals surface area contributed by atoms with Crippen LogP contribution < -0.4 is 5.73 Å². The molecule has 0 aromatic carbocycles. The van der Waals surface area contributed by atoms with E-state index in [4.69, 9.17) is 10.5 Å². The SMILES string of the molecule is CCOC(=O)C1(N)CC=CS1. The van der Waals surface area contributed by atoms with Crippen molar-refractivity contribution in [1.29, 1.82) is 0 Å². The molecule has 0 aliphatic carbocycles. The molecule has 0 spiro atoms. The van der Waals surface area contributed by atoms with Gasteiger partial charge in [-0.15, -0.1) is 11.8 Å². The molecular weight excluding hydrogens is 162 g/mol. The Balaban J connectivity index is 2.51. The van der Waals surface area contributed by atoms with E-state index in [1.807, 2.05) is 11.5 Å². The van der Waals surface area contributed by atoms with Crippen LogP contribution in [0.3, 0.4) is 0 Å². The highest BCUT2D eigenvalue weighted by Gasteiger charge is 2.36. The monoisotopic (exact) mass is 173 g/mol. The van der Waals surface area contributed by atoms with Gasteiger partial charge in [0.2, 0.25) is 0 Å². The minimum atomic E-state index is -0.851. The molecule has 2 N–H and O–H groups in total. The summed E-state index contributed by atoms with van der Waals surface area (Å²) in [4.78, 5) is 10.3. The van der Waals surface area contributed by atoms with Crippen LogP contribution >= 0.6 is 11.8 Å². The molecule has 4 heteroatoms. The Labute approximate surface area is 70.0 Å². The standard InChI is InChI=1S/C7H11NO2S/c1-2-10-6(9)7(8)4-3-5-11-7/h3,5H,2,4,8H2,1H3. The van der Waals surface area contributed by atoms with Crippen LogP contribution in [0.15, 0.2) is 11.5 Å². The molecule has 0 aromatic heterocycles. The van der Waals surface area contributed by atoms with E-state index in [1.165, 1.54) is 11.8 Å². The van der Waals surface area contributed by atoms with Crippen LogP contribution in [0.25, 0.3) is 0 Å². The molecule has 1 heterocycles. The minimum absolute atomic E-state index is 0.324. The maximum absolute atomic E-state index is 11.2. The van der Waals surface area contributed by atoms with E-state index in [0.717, 1.165) is 0 Å². The normalized spacial score (nSPS) is 28.9. The maximum Gasteiger partial charge on any atom is 0.337 e. The Morgan fingerprint density at radius 2 is 2.64 bits per heavy atom. The third-order valence-corrected chi connectivity index (χ3v) is 2.50. The lowest BCUT2D eigenvalue weighted by Crippen LogP contribution is -2.43. The second-order valence-electron chi connectivity index (χ2n) is 2.30. The zero-order valence-electron chi connectivity index (χ0n) is 6.37. The van der Waals surface area contributed by atoms with E-state index in [2.05, 4.69) is 0 Å². The van der Waals surface area contributed by atoms with E-state index in [-0.39, 0.29) is 5.97 Å². The first-order valence-electron chi connectivity index (χ1n) is 3.48. The Morgan fingerprint density at radius 3 is 3.09 bits per heavy atom. The Bertz CT molecular complexity index is 183. The number of carbonyl (C=O) groups is 1. The molecule has 0 radical (unpaired) electrons. The molecule has 0 saturated heterocycles. The van der Waals surface area contributed by atoms with Crippen molar-refractivity contribution in [1.82, 2.24) is 0 Å². The smallest absolute Gasteiger partial charge is 0.337 e. The van der Waals surface area contributed by atoms with E-state index >= 15 is 0 Å². The quantitative estimate of drug-likeness (QED) is 0.629. The number of thioether (sulfide) groups is 1. The summed E-state index contributed by atoms with van der Waals surface area (Å²) in [5.74, 6) is -0.324. The van der Waals surface area contributed by atoms with Crippen LogP contribution in [-0.2, 0) is 9.53 Å². The summed E-state index contributed by atoms with van der Waals surface area (Å²) in [6, 6.07) is 0. The molecule has 3 nitrogen and oxygen atoms in total. The highest BCUT2D eigenvalue weighted by atomic mass is 32.2.